The zero-order valence-electron chi connectivity index (χ0n) is 12.0. The number of nitriles is 1. The summed E-state index contributed by atoms with van der Waals surface area (Å²) in [6.45, 7) is 8.41. The van der Waals surface area contributed by atoms with Gasteiger partial charge in [0.2, 0.25) is 0 Å². The van der Waals surface area contributed by atoms with Crippen LogP contribution in [0, 0.1) is 11.3 Å². The number of aryl methyl sites for hydroxylation is 1. The quantitative estimate of drug-likeness (QED) is 0.824. The molecule has 0 radical (unpaired) electrons. The standard InChI is InChI=1S/C15H21N3S/c1-5-12-9-11(10-16)7-8-13(12)17-14(19)18-15(3,4)6-2/h7-9H,5-6H2,1-4H3,(H2,17,18,19). The van der Waals surface area contributed by atoms with Crippen LogP contribution in [-0.4, -0.2) is 10.7 Å². The van der Waals surface area contributed by atoms with Crippen molar-refractivity contribution in [2.24, 2.45) is 0 Å². The molecule has 0 unspecified atom stereocenters. The Labute approximate surface area is 121 Å². The highest BCUT2D eigenvalue weighted by Crippen LogP contribution is 2.18. The molecule has 19 heavy (non-hydrogen) atoms. The number of nitrogens with one attached hydrogen (secondary N) is 2. The first-order valence-corrected chi connectivity index (χ1v) is 6.95. The minimum Gasteiger partial charge on any atom is -0.358 e. The van der Waals surface area contributed by atoms with E-state index in [0.29, 0.717) is 10.7 Å². The summed E-state index contributed by atoms with van der Waals surface area (Å²) in [6.07, 6.45) is 1.85. The normalized spacial score (nSPS) is 10.7. The molecule has 1 aromatic rings. The molecule has 0 heterocycles. The summed E-state index contributed by atoms with van der Waals surface area (Å²) < 4.78 is 0. The van der Waals surface area contributed by atoms with Gasteiger partial charge >= 0.3 is 0 Å². The number of hydrogen-bond donors (Lipinski definition) is 2. The Morgan fingerprint density at radius 2 is 2.05 bits per heavy atom. The first-order valence-electron chi connectivity index (χ1n) is 6.54. The maximum atomic E-state index is 8.91. The summed E-state index contributed by atoms with van der Waals surface area (Å²) in [4.78, 5) is 0. The summed E-state index contributed by atoms with van der Waals surface area (Å²) in [6, 6.07) is 7.76. The lowest BCUT2D eigenvalue weighted by Crippen LogP contribution is -2.44. The second kappa shape index (κ2) is 6.53. The van der Waals surface area contributed by atoms with E-state index in [9.17, 15) is 0 Å². The van der Waals surface area contributed by atoms with Crippen LogP contribution in [0.25, 0.3) is 0 Å². The summed E-state index contributed by atoms with van der Waals surface area (Å²) in [5.41, 5.74) is 2.71. The van der Waals surface area contributed by atoms with Gasteiger partial charge in [-0.05, 0) is 62.7 Å². The lowest BCUT2D eigenvalue weighted by molar-refractivity contribution is 0.448. The van der Waals surface area contributed by atoms with Crippen LogP contribution in [0.2, 0.25) is 0 Å². The maximum Gasteiger partial charge on any atom is 0.171 e. The first kappa shape index (κ1) is 15.5. The van der Waals surface area contributed by atoms with Gasteiger partial charge in [0.25, 0.3) is 0 Å². The summed E-state index contributed by atoms with van der Waals surface area (Å²) >= 11 is 5.33. The van der Waals surface area contributed by atoms with Gasteiger partial charge in [0, 0.05) is 11.2 Å². The van der Waals surface area contributed by atoms with E-state index in [1.807, 2.05) is 12.1 Å². The van der Waals surface area contributed by atoms with Crippen molar-refractivity contribution >= 4 is 23.0 Å². The molecular formula is C15H21N3S. The molecule has 4 heteroatoms. The number of anilines is 1. The minimum atomic E-state index is -0.0247. The third-order valence-corrected chi connectivity index (χ3v) is 3.40. The zero-order chi connectivity index (χ0) is 14.5. The average molecular weight is 275 g/mol. The van der Waals surface area contributed by atoms with Crippen LogP contribution in [0.4, 0.5) is 5.69 Å². The van der Waals surface area contributed by atoms with Gasteiger partial charge in [0.15, 0.2) is 5.11 Å². The fourth-order valence-electron chi connectivity index (χ4n) is 1.63. The Hall–Kier alpha value is -1.60. The molecule has 0 saturated heterocycles. The van der Waals surface area contributed by atoms with Crippen molar-refractivity contribution < 1.29 is 0 Å². The van der Waals surface area contributed by atoms with Crippen molar-refractivity contribution in [1.29, 1.82) is 5.26 Å². The summed E-state index contributed by atoms with van der Waals surface area (Å²) in [5.74, 6) is 0. The molecule has 0 aromatic heterocycles. The highest BCUT2D eigenvalue weighted by atomic mass is 32.1. The van der Waals surface area contributed by atoms with Crippen molar-refractivity contribution in [2.45, 2.75) is 46.1 Å². The minimum absolute atomic E-state index is 0.0247. The lowest BCUT2D eigenvalue weighted by Gasteiger charge is -2.27. The molecule has 0 aliphatic rings. The van der Waals surface area contributed by atoms with Gasteiger partial charge in [-0.15, -0.1) is 0 Å². The van der Waals surface area contributed by atoms with Gasteiger partial charge in [0.05, 0.1) is 11.6 Å². The SMILES string of the molecule is CCc1cc(C#N)ccc1NC(=S)NC(C)(C)CC. The Kier molecular flexibility index (Phi) is 5.31. The monoisotopic (exact) mass is 275 g/mol. The molecule has 0 saturated carbocycles. The molecule has 0 fully saturated rings. The molecule has 102 valence electrons. The molecule has 0 atom stereocenters. The average Bonchev–Trinajstić information content (AvgIpc) is 2.38. The predicted molar refractivity (Wildman–Crippen MR) is 84.3 cm³/mol. The third kappa shape index (κ3) is 4.53. The number of benzene rings is 1. The van der Waals surface area contributed by atoms with Gasteiger partial charge in [-0.25, -0.2) is 0 Å². The van der Waals surface area contributed by atoms with E-state index in [4.69, 9.17) is 17.5 Å². The highest BCUT2D eigenvalue weighted by Gasteiger charge is 2.16. The maximum absolute atomic E-state index is 8.91. The largest absolute Gasteiger partial charge is 0.358 e. The number of nitrogens with zero attached hydrogens (tertiary/aromatic N) is 1. The van der Waals surface area contributed by atoms with E-state index in [1.165, 1.54) is 0 Å². The number of thiocarbonyl (C=S) groups is 1. The topological polar surface area (TPSA) is 47.9 Å². The number of hydrogen-bond acceptors (Lipinski definition) is 2. The van der Waals surface area contributed by atoms with Crippen LogP contribution in [0.15, 0.2) is 18.2 Å². The van der Waals surface area contributed by atoms with Crippen LogP contribution >= 0.6 is 12.2 Å². The lowest BCUT2D eigenvalue weighted by atomic mass is 10.0. The molecule has 1 rings (SSSR count). The first-order chi connectivity index (χ1) is 8.91. The molecular weight excluding hydrogens is 254 g/mol. The second-order valence-corrected chi connectivity index (χ2v) is 5.56. The van der Waals surface area contributed by atoms with Gasteiger partial charge in [-0.1, -0.05) is 13.8 Å². The molecule has 0 amide bonds. The van der Waals surface area contributed by atoms with Crippen LogP contribution in [0.1, 0.15) is 45.2 Å². The van der Waals surface area contributed by atoms with Crippen molar-refractivity contribution in [2.75, 3.05) is 5.32 Å². The van der Waals surface area contributed by atoms with E-state index >= 15 is 0 Å². The van der Waals surface area contributed by atoms with Crippen molar-refractivity contribution in [1.82, 2.24) is 5.32 Å². The molecule has 0 aliphatic heterocycles. The fourth-order valence-corrected chi connectivity index (χ4v) is 2.01. The van der Waals surface area contributed by atoms with Crippen LogP contribution in [-0.2, 0) is 6.42 Å². The molecule has 2 N–H and O–H groups in total. The van der Waals surface area contributed by atoms with Gasteiger partial charge in [0.1, 0.15) is 0 Å². The van der Waals surface area contributed by atoms with E-state index < -0.39 is 0 Å². The molecule has 0 aliphatic carbocycles. The highest BCUT2D eigenvalue weighted by molar-refractivity contribution is 7.80. The fraction of sp³-hybridized carbons (Fsp3) is 0.467. The van der Waals surface area contributed by atoms with Crippen LogP contribution in [0.3, 0.4) is 0 Å². The van der Waals surface area contributed by atoms with E-state index in [1.54, 1.807) is 6.07 Å². The molecule has 1 aromatic carbocycles. The Bertz CT molecular complexity index is 501. The Morgan fingerprint density at radius 3 is 2.58 bits per heavy atom. The second-order valence-electron chi connectivity index (χ2n) is 5.15. The third-order valence-electron chi connectivity index (χ3n) is 3.20. The van der Waals surface area contributed by atoms with E-state index in [2.05, 4.69) is 44.4 Å². The van der Waals surface area contributed by atoms with Crippen LogP contribution < -0.4 is 10.6 Å². The molecule has 0 bridgehead atoms. The zero-order valence-corrected chi connectivity index (χ0v) is 12.8. The van der Waals surface area contributed by atoms with Crippen molar-refractivity contribution in [3.05, 3.63) is 29.3 Å². The molecule has 3 nitrogen and oxygen atoms in total. The van der Waals surface area contributed by atoms with Crippen LogP contribution in [0.5, 0.6) is 0 Å². The predicted octanol–water partition coefficient (Wildman–Crippen LogP) is 3.60. The van der Waals surface area contributed by atoms with E-state index in [-0.39, 0.29) is 5.54 Å². The van der Waals surface area contributed by atoms with Gasteiger partial charge in [-0.2, -0.15) is 5.26 Å². The Balaban J connectivity index is 2.83. The van der Waals surface area contributed by atoms with Gasteiger partial charge < -0.3 is 10.6 Å². The number of rotatable bonds is 4. The van der Waals surface area contributed by atoms with E-state index in [0.717, 1.165) is 24.1 Å². The Morgan fingerprint density at radius 1 is 1.37 bits per heavy atom. The summed E-state index contributed by atoms with van der Waals surface area (Å²) in [5, 5.41) is 16.0. The summed E-state index contributed by atoms with van der Waals surface area (Å²) in [7, 11) is 0. The molecule has 0 spiro atoms. The van der Waals surface area contributed by atoms with Gasteiger partial charge in [-0.3, -0.25) is 0 Å². The van der Waals surface area contributed by atoms with Crippen molar-refractivity contribution in [3.63, 3.8) is 0 Å². The van der Waals surface area contributed by atoms with Crippen molar-refractivity contribution in [3.8, 4) is 6.07 Å². The smallest absolute Gasteiger partial charge is 0.171 e.